The van der Waals surface area contributed by atoms with Gasteiger partial charge in [-0.2, -0.15) is 0 Å². The molecule has 19 heavy (non-hydrogen) atoms. The van der Waals surface area contributed by atoms with Crippen LogP contribution < -0.4 is 10.6 Å². The molecule has 0 aliphatic rings. The van der Waals surface area contributed by atoms with Gasteiger partial charge in [-0.1, -0.05) is 46.3 Å². The first-order chi connectivity index (χ1) is 9.13. The molecule has 0 saturated heterocycles. The van der Waals surface area contributed by atoms with Crippen LogP contribution in [0.1, 0.15) is 11.1 Å². The Kier molecular flexibility index (Phi) is 4.56. The fourth-order valence-corrected chi connectivity index (χ4v) is 2.52. The van der Waals surface area contributed by atoms with Crippen LogP contribution in [0, 0.1) is 5.82 Å². The van der Waals surface area contributed by atoms with E-state index in [-0.39, 0.29) is 5.82 Å². The Hall–Kier alpha value is -1.39. The molecule has 0 atom stereocenters. The predicted octanol–water partition coefficient (Wildman–Crippen LogP) is 3.68. The molecule has 0 bridgehead atoms. The normalized spacial score (nSPS) is 10.5. The summed E-state index contributed by atoms with van der Waals surface area (Å²) in [4.78, 5) is 1.89. The summed E-state index contributed by atoms with van der Waals surface area (Å²) < 4.78 is 15.0. The molecule has 0 unspecified atom stereocenters. The summed E-state index contributed by atoms with van der Waals surface area (Å²) in [6, 6.07) is 12.9. The minimum atomic E-state index is -0.238. The number of rotatable bonds is 4. The molecule has 0 spiro atoms. The molecule has 0 fully saturated rings. The van der Waals surface area contributed by atoms with Crippen molar-refractivity contribution in [3.05, 3.63) is 63.9 Å². The lowest BCUT2D eigenvalue weighted by molar-refractivity contribution is 0.619. The molecule has 2 rings (SSSR count). The van der Waals surface area contributed by atoms with Crippen molar-refractivity contribution in [2.45, 2.75) is 13.1 Å². The third-order valence-electron chi connectivity index (χ3n) is 3.04. The molecule has 100 valence electrons. The zero-order valence-electron chi connectivity index (χ0n) is 10.7. The van der Waals surface area contributed by atoms with Crippen LogP contribution in [0.2, 0.25) is 0 Å². The monoisotopic (exact) mass is 322 g/mol. The van der Waals surface area contributed by atoms with Crippen molar-refractivity contribution < 1.29 is 4.39 Å². The van der Waals surface area contributed by atoms with Gasteiger partial charge in [-0.15, -0.1) is 0 Å². The second kappa shape index (κ2) is 6.17. The maximum atomic E-state index is 14.0. The first kappa shape index (κ1) is 14.0. The van der Waals surface area contributed by atoms with Gasteiger partial charge in [-0.3, -0.25) is 0 Å². The molecular weight excluding hydrogens is 307 g/mol. The van der Waals surface area contributed by atoms with Gasteiger partial charge in [0.05, 0.1) is 5.69 Å². The zero-order chi connectivity index (χ0) is 13.8. The standard InChI is InChI=1S/C15H16BrFN2/c1-19(10-12-5-2-3-7-13(12)16)15-11(9-18)6-4-8-14(15)17/h2-8H,9-10,18H2,1H3. The Morgan fingerprint density at radius 1 is 1.11 bits per heavy atom. The van der Waals surface area contributed by atoms with Gasteiger partial charge in [0.15, 0.2) is 0 Å². The first-order valence-electron chi connectivity index (χ1n) is 6.05. The second-order valence-corrected chi connectivity index (χ2v) is 5.25. The van der Waals surface area contributed by atoms with E-state index in [4.69, 9.17) is 5.73 Å². The van der Waals surface area contributed by atoms with Crippen LogP contribution in [0.25, 0.3) is 0 Å². The molecular formula is C15H16BrFN2. The average molecular weight is 323 g/mol. The fourth-order valence-electron chi connectivity index (χ4n) is 2.11. The quantitative estimate of drug-likeness (QED) is 0.930. The maximum absolute atomic E-state index is 14.0. The van der Waals surface area contributed by atoms with Crippen LogP contribution in [0.5, 0.6) is 0 Å². The molecule has 0 amide bonds. The van der Waals surface area contributed by atoms with Crippen LogP contribution in [-0.2, 0) is 13.1 Å². The predicted molar refractivity (Wildman–Crippen MR) is 80.5 cm³/mol. The highest BCUT2D eigenvalue weighted by atomic mass is 79.9. The number of hydrogen-bond acceptors (Lipinski definition) is 2. The first-order valence-corrected chi connectivity index (χ1v) is 6.84. The van der Waals surface area contributed by atoms with Gasteiger partial charge in [0.1, 0.15) is 5.82 Å². The molecule has 2 N–H and O–H groups in total. The highest BCUT2D eigenvalue weighted by Crippen LogP contribution is 2.26. The fraction of sp³-hybridized carbons (Fsp3) is 0.200. The van der Waals surface area contributed by atoms with Crippen molar-refractivity contribution in [2.24, 2.45) is 5.73 Å². The van der Waals surface area contributed by atoms with Gasteiger partial charge < -0.3 is 10.6 Å². The molecule has 0 aliphatic heterocycles. The summed E-state index contributed by atoms with van der Waals surface area (Å²) >= 11 is 3.51. The van der Waals surface area contributed by atoms with Gasteiger partial charge in [0, 0.05) is 24.6 Å². The summed E-state index contributed by atoms with van der Waals surface area (Å²) in [6.45, 7) is 0.947. The van der Waals surface area contributed by atoms with Crippen LogP contribution >= 0.6 is 15.9 Å². The molecule has 0 saturated carbocycles. The van der Waals surface area contributed by atoms with Gasteiger partial charge in [0.25, 0.3) is 0 Å². The minimum Gasteiger partial charge on any atom is -0.368 e. The van der Waals surface area contributed by atoms with Crippen molar-refractivity contribution in [3.8, 4) is 0 Å². The van der Waals surface area contributed by atoms with E-state index in [9.17, 15) is 4.39 Å². The topological polar surface area (TPSA) is 29.3 Å². The largest absolute Gasteiger partial charge is 0.368 e. The van der Waals surface area contributed by atoms with E-state index in [0.29, 0.717) is 18.8 Å². The highest BCUT2D eigenvalue weighted by Gasteiger charge is 2.13. The lowest BCUT2D eigenvalue weighted by atomic mass is 10.1. The van der Waals surface area contributed by atoms with Gasteiger partial charge in [-0.25, -0.2) is 4.39 Å². The Labute approximate surface area is 121 Å². The average Bonchev–Trinajstić information content (AvgIpc) is 2.40. The number of benzene rings is 2. The van der Waals surface area contributed by atoms with Gasteiger partial charge in [-0.05, 0) is 23.3 Å². The lowest BCUT2D eigenvalue weighted by Crippen LogP contribution is -2.20. The molecule has 0 heterocycles. The van der Waals surface area contributed by atoms with Crippen molar-refractivity contribution >= 4 is 21.6 Å². The third kappa shape index (κ3) is 3.14. The van der Waals surface area contributed by atoms with Crippen LogP contribution in [-0.4, -0.2) is 7.05 Å². The van der Waals surface area contributed by atoms with E-state index in [2.05, 4.69) is 15.9 Å². The lowest BCUT2D eigenvalue weighted by Gasteiger charge is -2.23. The van der Waals surface area contributed by atoms with E-state index in [1.807, 2.05) is 42.3 Å². The smallest absolute Gasteiger partial charge is 0.146 e. The van der Waals surface area contributed by atoms with Crippen LogP contribution in [0.4, 0.5) is 10.1 Å². The van der Waals surface area contributed by atoms with Crippen LogP contribution in [0.15, 0.2) is 46.9 Å². The number of nitrogens with zero attached hydrogens (tertiary/aromatic N) is 1. The van der Waals surface area contributed by atoms with E-state index >= 15 is 0 Å². The number of para-hydroxylation sites is 1. The molecule has 2 nitrogen and oxygen atoms in total. The van der Waals surface area contributed by atoms with Crippen molar-refractivity contribution in [3.63, 3.8) is 0 Å². The van der Waals surface area contributed by atoms with Crippen molar-refractivity contribution in [1.82, 2.24) is 0 Å². The maximum Gasteiger partial charge on any atom is 0.146 e. The number of anilines is 1. The Morgan fingerprint density at radius 3 is 2.47 bits per heavy atom. The van der Waals surface area contributed by atoms with Gasteiger partial charge in [0.2, 0.25) is 0 Å². The summed E-state index contributed by atoms with van der Waals surface area (Å²) in [5.41, 5.74) is 8.17. The summed E-state index contributed by atoms with van der Waals surface area (Å²) in [6.07, 6.45) is 0. The second-order valence-electron chi connectivity index (χ2n) is 4.40. The number of halogens is 2. The minimum absolute atomic E-state index is 0.238. The molecule has 2 aromatic carbocycles. The van der Waals surface area contributed by atoms with Crippen molar-refractivity contribution in [2.75, 3.05) is 11.9 Å². The van der Waals surface area contributed by atoms with Gasteiger partial charge >= 0.3 is 0 Å². The molecule has 0 aromatic heterocycles. The number of hydrogen-bond donors (Lipinski definition) is 1. The van der Waals surface area contributed by atoms with Crippen LogP contribution in [0.3, 0.4) is 0 Å². The third-order valence-corrected chi connectivity index (χ3v) is 3.81. The van der Waals surface area contributed by atoms with E-state index in [1.165, 1.54) is 6.07 Å². The Balaban J connectivity index is 2.30. The van der Waals surface area contributed by atoms with Crippen molar-refractivity contribution in [1.29, 1.82) is 0 Å². The zero-order valence-corrected chi connectivity index (χ0v) is 12.3. The SMILES string of the molecule is CN(Cc1ccccc1Br)c1c(F)cccc1CN. The highest BCUT2D eigenvalue weighted by molar-refractivity contribution is 9.10. The molecule has 0 radical (unpaired) electrons. The van der Waals surface area contributed by atoms with E-state index in [0.717, 1.165) is 15.6 Å². The molecule has 2 aromatic rings. The Bertz CT molecular complexity index is 572. The summed E-state index contributed by atoms with van der Waals surface area (Å²) in [5.74, 6) is -0.238. The van der Waals surface area contributed by atoms with E-state index in [1.54, 1.807) is 6.07 Å². The summed E-state index contributed by atoms with van der Waals surface area (Å²) in [5, 5.41) is 0. The summed E-state index contributed by atoms with van der Waals surface area (Å²) in [7, 11) is 1.87. The molecule has 4 heteroatoms. The van der Waals surface area contributed by atoms with E-state index < -0.39 is 0 Å². The Morgan fingerprint density at radius 2 is 1.79 bits per heavy atom. The molecule has 0 aliphatic carbocycles. The number of nitrogens with two attached hydrogens (primary N) is 1.